The van der Waals surface area contributed by atoms with Crippen LogP contribution in [0.2, 0.25) is 0 Å². The van der Waals surface area contributed by atoms with Gasteiger partial charge in [0.2, 0.25) is 0 Å². The Morgan fingerprint density at radius 2 is 1.55 bits per heavy atom. The van der Waals surface area contributed by atoms with Crippen molar-refractivity contribution >= 4 is 24.5 Å². The van der Waals surface area contributed by atoms with Gasteiger partial charge in [0.05, 0.1) is 11.2 Å². The molecule has 1 heterocycles. The molecule has 0 bridgehead atoms. The van der Waals surface area contributed by atoms with Crippen molar-refractivity contribution in [3.05, 3.63) is 35.8 Å². The van der Waals surface area contributed by atoms with E-state index < -0.39 is 0 Å². The van der Waals surface area contributed by atoms with Gasteiger partial charge in [0.25, 0.3) is 0 Å². The van der Waals surface area contributed by atoms with Crippen molar-refractivity contribution in [3.8, 4) is 0 Å². The summed E-state index contributed by atoms with van der Waals surface area (Å²) in [7, 11) is -0.278. The van der Waals surface area contributed by atoms with Crippen molar-refractivity contribution in [1.29, 1.82) is 0 Å². The lowest BCUT2D eigenvalue weighted by Crippen LogP contribution is -2.41. The maximum Gasteiger partial charge on any atom is 0.487 e. The molecule has 1 aromatic rings. The van der Waals surface area contributed by atoms with E-state index in [0.717, 1.165) is 0 Å². The molecule has 2 rings (SSSR count). The van der Waals surface area contributed by atoms with E-state index in [9.17, 15) is 0 Å². The molecule has 1 aliphatic rings. The first kappa shape index (κ1) is 15.7. The molecule has 20 heavy (non-hydrogen) atoms. The SMILES string of the molecule is CSc1ccc(/C(C)=C/B2OC(C)(C)C(C)(C)O2)cc1. The molecule has 0 aromatic heterocycles. The van der Waals surface area contributed by atoms with Crippen LogP contribution in [0.3, 0.4) is 0 Å². The van der Waals surface area contributed by atoms with Gasteiger partial charge in [0, 0.05) is 4.90 Å². The predicted molar refractivity (Wildman–Crippen MR) is 88.0 cm³/mol. The second-order valence-electron chi connectivity index (χ2n) is 6.20. The van der Waals surface area contributed by atoms with Gasteiger partial charge < -0.3 is 9.31 Å². The van der Waals surface area contributed by atoms with Gasteiger partial charge in [0.1, 0.15) is 0 Å². The van der Waals surface area contributed by atoms with E-state index in [4.69, 9.17) is 9.31 Å². The Kier molecular flexibility index (Phi) is 4.38. The summed E-state index contributed by atoms with van der Waals surface area (Å²) in [4.78, 5) is 1.28. The Labute approximate surface area is 127 Å². The van der Waals surface area contributed by atoms with Crippen molar-refractivity contribution in [2.45, 2.75) is 50.7 Å². The van der Waals surface area contributed by atoms with Crippen LogP contribution >= 0.6 is 11.8 Å². The third-order valence-corrected chi connectivity index (χ3v) is 4.95. The smallest absolute Gasteiger partial charge is 0.400 e. The summed E-state index contributed by atoms with van der Waals surface area (Å²) >= 11 is 1.75. The normalized spacial score (nSPS) is 21.3. The highest BCUT2D eigenvalue weighted by Crippen LogP contribution is 2.37. The highest BCUT2D eigenvalue weighted by Gasteiger charge is 2.50. The highest BCUT2D eigenvalue weighted by atomic mass is 32.2. The fourth-order valence-corrected chi connectivity index (χ4v) is 2.52. The fraction of sp³-hybridized carbons (Fsp3) is 0.500. The minimum absolute atomic E-state index is 0.278. The van der Waals surface area contributed by atoms with Gasteiger partial charge >= 0.3 is 7.12 Å². The average Bonchev–Trinajstić information content (AvgIpc) is 2.57. The monoisotopic (exact) mass is 290 g/mol. The largest absolute Gasteiger partial charge is 0.487 e. The molecule has 4 heteroatoms. The van der Waals surface area contributed by atoms with Gasteiger partial charge in [-0.3, -0.25) is 0 Å². The Hall–Kier alpha value is -0.705. The van der Waals surface area contributed by atoms with Crippen LogP contribution in [-0.4, -0.2) is 24.6 Å². The molecule has 0 N–H and O–H groups in total. The first-order valence-electron chi connectivity index (χ1n) is 6.94. The summed E-state index contributed by atoms with van der Waals surface area (Å²) in [5.74, 6) is 2.06. The van der Waals surface area contributed by atoms with Crippen LogP contribution in [0.15, 0.2) is 35.1 Å². The van der Waals surface area contributed by atoms with E-state index in [2.05, 4.69) is 71.1 Å². The van der Waals surface area contributed by atoms with Crippen LogP contribution in [0.4, 0.5) is 0 Å². The van der Waals surface area contributed by atoms with Crippen molar-refractivity contribution in [2.75, 3.05) is 6.26 Å². The molecule has 1 fully saturated rings. The lowest BCUT2D eigenvalue weighted by Gasteiger charge is -2.32. The zero-order chi connectivity index (χ0) is 15.0. The van der Waals surface area contributed by atoms with Crippen LogP contribution in [-0.2, 0) is 9.31 Å². The molecule has 1 aromatic carbocycles. The number of benzene rings is 1. The van der Waals surface area contributed by atoms with E-state index >= 15 is 0 Å². The lowest BCUT2D eigenvalue weighted by molar-refractivity contribution is 0.00578. The molecule has 0 aliphatic carbocycles. The van der Waals surface area contributed by atoms with Crippen molar-refractivity contribution in [2.24, 2.45) is 0 Å². The van der Waals surface area contributed by atoms with Crippen LogP contribution in [0.25, 0.3) is 5.57 Å². The molecular formula is C16H23BO2S. The second-order valence-corrected chi connectivity index (χ2v) is 7.08. The van der Waals surface area contributed by atoms with Gasteiger partial charge in [-0.25, -0.2) is 0 Å². The summed E-state index contributed by atoms with van der Waals surface area (Å²) in [5.41, 5.74) is 1.82. The van der Waals surface area contributed by atoms with Crippen molar-refractivity contribution in [3.63, 3.8) is 0 Å². The molecule has 1 saturated heterocycles. The molecule has 108 valence electrons. The van der Waals surface area contributed by atoms with Gasteiger partial charge in [0.15, 0.2) is 0 Å². The standard InChI is InChI=1S/C16H23BO2S/c1-12(13-7-9-14(20-6)10-8-13)11-17-18-15(2,3)16(4,5)19-17/h7-11H,1-6H3/b12-11+. The highest BCUT2D eigenvalue weighted by molar-refractivity contribution is 7.98. The summed E-state index contributed by atoms with van der Waals surface area (Å²) in [5, 5.41) is 0. The maximum atomic E-state index is 6.00. The molecule has 0 amide bonds. The number of thioether (sulfide) groups is 1. The van der Waals surface area contributed by atoms with E-state index in [1.54, 1.807) is 11.8 Å². The van der Waals surface area contributed by atoms with Crippen LogP contribution < -0.4 is 0 Å². The van der Waals surface area contributed by atoms with E-state index in [1.807, 2.05) is 0 Å². The quantitative estimate of drug-likeness (QED) is 0.605. The van der Waals surface area contributed by atoms with Gasteiger partial charge in [-0.2, -0.15) is 0 Å². The topological polar surface area (TPSA) is 18.5 Å². The van der Waals surface area contributed by atoms with E-state index in [1.165, 1.54) is 16.0 Å². The third-order valence-electron chi connectivity index (χ3n) is 4.20. The van der Waals surface area contributed by atoms with Crippen LogP contribution in [0.1, 0.15) is 40.2 Å². The van der Waals surface area contributed by atoms with Gasteiger partial charge in [-0.1, -0.05) is 23.7 Å². The lowest BCUT2D eigenvalue weighted by atomic mass is 9.85. The average molecular weight is 290 g/mol. The summed E-state index contributed by atoms with van der Waals surface area (Å²) in [6, 6.07) is 8.56. The number of rotatable bonds is 3. The molecule has 0 atom stereocenters. The van der Waals surface area contributed by atoms with Crippen LogP contribution in [0.5, 0.6) is 0 Å². The third kappa shape index (κ3) is 3.13. The molecule has 0 unspecified atom stereocenters. The zero-order valence-electron chi connectivity index (χ0n) is 13.2. The summed E-state index contributed by atoms with van der Waals surface area (Å²) in [6.45, 7) is 10.4. The first-order chi connectivity index (χ1) is 9.25. The zero-order valence-corrected chi connectivity index (χ0v) is 14.0. The fourth-order valence-electron chi connectivity index (χ4n) is 2.11. The predicted octanol–water partition coefficient (Wildman–Crippen LogP) is 4.44. The number of allylic oxidation sites excluding steroid dienone is 1. The Balaban J connectivity index is 2.15. The van der Waals surface area contributed by atoms with Crippen LogP contribution in [0, 0.1) is 0 Å². The van der Waals surface area contributed by atoms with Gasteiger partial charge in [-0.05, 0) is 58.6 Å². The summed E-state index contributed by atoms with van der Waals surface area (Å²) in [6.07, 6.45) is 2.09. The second kappa shape index (κ2) is 5.59. The molecular weight excluding hydrogens is 267 g/mol. The minimum atomic E-state index is -0.281. The molecule has 1 aliphatic heterocycles. The Morgan fingerprint density at radius 1 is 1.05 bits per heavy atom. The minimum Gasteiger partial charge on any atom is -0.400 e. The molecule has 0 radical (unpaired) electrons. The Bertz CT molecular complexity index is 490. The number of hydrogen-bond acceptors (Lipinski definition) is 3. The van der Waals surface area contributed by atoms with Crippen molar-refractivity contribution < 1.29 is 9.31 Å². The first-order valence-corrected chi connectivity index (χ1v) is 8.16. The molecule has 2 nitrogen and oxygen atoms in total. The van der Waals surface area contributed by atoms with E-state index in [-0.39, 0.29) is 18.3 Å². The maximum absolute atomic E-state index is 6.00. The number of hydrogen-bond donors (Lipinski definition) is 0. The summed E-state index contributed by atoms with van der Waals surface area (Å²) < 4.78 is 12.0. The van der Waals surface area contributed by atoms with Gasteiger partial charge in [-0.15, -0.1) is 11.8 Å². The van der Waals surface area contributed by atoms with Crippen molar-refractivity contribution in [1.82, 2.24) is 0 Å². The van der Waals surface area contributed by atoms with E-state index in [0.29, 0.717) is 0 Å². The molecule has 0 saturated carbocycles. The Morgan fingerprint density at radius 3 is 2.00 bits per heavy atom. The molecule has 0 spiro atoms.